The third-order valence-electron chi connectivity index (χ3n) is 5.28. The lowest BCUT2D eigenvalue weighted by Gasteiger charge is -2.40. The SMILES string of the molecule is Cc1ccc(C(=O)NC2CCC(CN)(c3cccc(Cl)c3)CC2)cn1. The number of nitrogens with zero attached hydrogens (tertiary/aromatic N) is 1. The molecule has 5 heteroatoms. The van der Waals surface area contributed by atoms with Gasteiger partial charge in [-0.05, 0) is 62.4 Å². The van der Waals surface area contributed by atoms with E-state index in [9.17, 15) is 4.79 Å². The molecule has 1 amide bonds. The van der Waals surface area contributed by atoms with Crippen LogP contribution in [0.4, 0.5) is 0 Å². The van der Waals surface area contributed by atoms with E-state index in [2.05, 4.69) is 16.4 Å². The molecule has 0 bridgehead atoms. The van der Waals surface area contributed by atoms with E-state index < -0.39 is 0 Å². The molecule has 0 spiro atoms. The van der Waals surface area contributed by atoms with Crippen molar-refractivity contribution in [2.24, 2.45) is 5.73 Å². The smallest absolute Gasteiger partial charge is 0.253 e. The number of aryl methyl sites for hydroxylation is 1. The largest absolute Gasteiger partial charge is 0.349 e. The first kappa shape index (κ1) is 17.9. The second kappa shape index (κ2) is 7.54. The monoisotopic (exact) mass is 357 g/mol. The van der Waals surface area contributed by atoms with Crippen molar-refractivity contribution in [2.45, 2.75) is 44.1 Å². The van der Waals surface area contributed by atoms with Gasteiger partial charge in [0.05, 0.1) is 5.56 Å². The van der Waals surface area contributed by atoms with Crippen LogP contribution in [0.15, 0.2) is 42.6 Å². The summed E-state index contributed by atoms with van der Waals surface area (Å²) in [6.07, 6.45) is 5.34. The van der Waals surface area contributed by atoms with E-state index in [0.29, 0.717) is 12.1 Å². The molecule has 1 aliphatic carbocycles. The zero-order chi connectivity index (χ0) is 17.9. The van der Waals surface area contributed by atoms with Gasteiger partial charge in [0, 0.05) is 34.9 Å². The molecule has 1 saturated carbocycles. The summed E-state index contributed by atoms with van der Waals surface area (Å²) in [5.74, 6) is -0.0551. The van der Waals surface area contributed by atoms with Gasteiger partial charge >= 0.3 is 0 Å². The van der Waals surface area contributed by atoms with Gasteiger partial charge in [-0.1, -0.05) is 23.7 Å². The maximum Gasteiger partial charge on any atom is 0.253 e. The Hall–Kier alpha value is -1.91. The zero-order valence-electron chi connectivity index (χ0n) is 14.5. The van der Waals surface area contributed by atoms with Gasteiger partial charge in [0.15, 0.2) is 0 Å². The topological polar surface area (TPSA) is 68.0 Å². The predicted octanol–water partition coefficient (Wildman–Crippen LogP) is 3.61. The van der Waals surface area contributed by atoms with Gasteiger partial charge < -0.3 is 11.1 Å². The van der Waals surface area contributed by atoms with E-state index in [-0.39, 0.29) is 17.4 Å². The maximum absolute atomic E-state index is 12.4. The Morgan fingerprint density at radius 1 is 1.32 bits per heavy atom. The first-order valence-corrected chi connectivity index (χ1v) is 9.10. The minimum absolute atomic E-state index is 0.0441. The molecule has 4 nitrogen and oxygen atoms in total. The number of benzene rings is 1. The molecule has 3 rings (SSSR count). The zero-order valence-corrected chi connectivity index (χ0v) is 15.2. The molecule has 3 N–H and O–H groups in total. The average Bonchev–Trinajstić information content (AvgIpc) is 2.63. The number of rotatable bonds is 4. The molecule has 0 atom stereocenters. The van der Waals surface area contributed by atoms with E-state index >= 15 is 0 Å². The van der Waals surface area contributed by atoms with Crippen molar-refractivity contribution in [3.05, 3.63) is 64.4 Å². The summed E-state index contributed by atoms with van der Waals surface area (Å²) in [5.41, 5.74) is 8.81. The van der Waals surface area contributed by atoms with Crippen LogP contribution in [0.3, 0.4) is 0 Å². The molecule has 132 valence electrons. The lowest BCUT2D eigenvalue weighted by atomic mass is 9.68. The van der Waals surface area contributed by atoms with Gasteiger partial charge in [0.25, 0.3) is 5.91 Å². The van der Waals surface area contributed by atoms with Crippen molar-refractivity contribution in [3.8, 4) is 0 Å². The van der Waals surface area contributed by atoms with Crippen LogP contribution in [0.2, 0.25) is 5.02 Å². The highest BCUT2D eigenvalue weighted by Gasteiger charge is 2.36. The van der Waals surface area contributed by atoms with Gasteiger partial charge in [-0.15, -0.1) is 0 Å². The molecule has 1 aliphatic rings. The van der Waals surface area contributed by atoms with Crippen molar-refractivity contribution in [1.29, 1.82) is 0 Å². The Bertz CT molecular complexity index is 737. The molecule has 1 aromatic carbocycles. The lowest BCUT2D eigenvalue weighted by Crippen LogP contribution is -2.45. The number of nitrogens with two attached hydrogens (primary N) is 1. The number of carbonyl (C=O) groups is 1. The Labute approximate surface area is 153 Å². The Morgan fingerprint density at radius 2 is 2.08 bits per heavy atom. The summed E-state index contributed by atoms with van der Waals surface area (Å²) >= 11 is 6.16. The number of hydrogen-bond acceptors (Lipinski definition) is 3. The van der Waals surface area contributed by atoms with Crippen LogP contribution in [0.5, 0.6) is 0 Å². The van der Waals surface area contributed by atoms with Crippen LogP contribution in [0.25, 0.3) is 0 Å². The summed E-state index contributed by atoms with van der Waals surface area (Å²) in [6, 6.07) is 11.8. The van der Waals surface area contributed by atoms with Crippen molar-refractivity contribution in [3.63, 3.8) is 0 Å². The third-order valence-corrected chi connectivity index (χ3v) is 5.51. The number of nitrogens with one attached hydrogen (secondary N) is 1. The number of pyridine rings is 1. The van der Waals surface area contributed by atoms with E-state index in [1.54, 1.807) is 6.20 Å². The fraction of sp³-hybridized carbons (Fsp3) is 0.400. The highest BCUT2D eigenvalue weighted by molar-refractivity contribution is 6.30. The number of amides is 1. The van der Waals surface area contributed by atoms with Gasteiger partial charge in [0.1, 0.15) is 0 Å². The van der Waals surface area contributed by atoms with Gasteiger partial charge in [-0.25, -0.2) is 0 Å². The molecule has 1 heterocycles. The van der Waals surface area contributed by atoms with Gasteiger partial charge in [-0.3, -0.25) is 9.78 Å². The summed E-state index contributed by atoms with van der Waals surface area (Å²) in [4.78, 5) is 16.6. The van der Waals surface area contributed by atoms with Crippen LogP contribution in [0, 0.1) is 6.92 Å². The van der Waals surface area contributed by atoms with Crippen LogP contribution in [-0.4, -0.2) is 23.5 Å². The van der Waals surface area contributed by atoms with Gasteiger partial charge in [0.2, 0.25) is 0 Å². The Kier molecular flexibility index (Phi) is 5.40. The molecule has 25 heavy (non-hydrogen) atoms. The number of carbonyl (C=O) groups excluding carboxylic acids is 1. The second-order valence-electron chi connectivity index (χ2n) is 6.93. The summed E-state index contributed by atoms with van der Waals surface area (Å²) in [7, 11) is 0. The fourth-order valence-corrected chi connectivity index (χ4v) is 3.80. The standard InChI is InChI=1S/C20H24ClN3O/c1-14-5-6-15(12-23-14)19(25)24-18-7-9-20(13-22,10-8-18)16-3-2-4-17(21)11-16/h2-6,11-12,18H,7-10,13,22H2,1H3,(H,24,25). The lowest BCUT2D eigenvalue weighted by molar-refractivity contribution is 0.0917. The molecule has 1 aromatic heterocycles. The molecular formula is C20H24ClN3O. The predicted molar refractivity (Wildman–Crippen MR) is 101 cm³/mol. The first-order valence-electron chi connectivity index (χ1n) is 8.72. The first-order chi connectivity index (χ1) is 12.0. The maximum atomic E-state index is 12.4. The highest BCUT2D eigenvalue weighted by Crippen LogP contribution is 2.39. The van der Waals surface area contributed by atoms with Crippen molar-refractivity contribution < 1.29 is 4.79 Å². The Balaban J connectivity index is 1.64. The van der Waals surface area contributed by atoms with Crippen molar-refractivity contribution in [2.75, 3.05) is 6.54 Å². The number of hydrogen-bond donors (Lipinski definition) is 2. The van der Waals surface area contributed by atoms with Crippen LogP contribution in [0.1, 0.15) is 47.3 Å². The fourth-order valence-electron chi connectivity index (χ4n) is 3.61. The van der Waals surface area contributed by atoms with E-state index in [0.717, 1.165) is 36.4 Å². The van der Waals surface area contributed by atoms with Crippen LogP contribution >= 0.6 is 11.6 Å². The molecule has 2 aromatic rings. The summed E-state index contributed by atoms with van der Waals surface area (Å²) in [6.45, 7) is 2.50. The summed E-state index contributed by atoms with van der Waals surface area (Å²) < 4.78 is 0. The van der Waals surface area contributed by atoms with E-state index in [1.807, 2.05) is 37.3 Å². The minimum atomic E-state index is -0.0551. The van der Waals surface area contributed by atoms with E-state index in [4.69, 9.17) is 17.3 Å². The normalized spacial score (nSPS) is 23.2. The summed E-state index contributed by atoms with van der Waals surface area (Å²) in [5, 5.41) is 3.88. The molecule has 0 unspecified atom stereocenters. The molecule has 0 aliphatic heterocycles. The number of halogens is 1. The van der Waals surface area contributed by atoms with Crippen LogP contribution in [-0.2, 0) is 5.41 Å². The quantitative estimate of drug-likeness (QED) is 0.878. The Morgan fingerprint density at radius 3 is 2.68 bits per heavy atom. The second-order valence-corrected chi connectivity index (χ2v) is 7.37. The third kappa shape index (κ3) is 4.02. The van der Waals surface area contributed by atoms with Crippen LogP contribution < -0.4 is 11.1 Å². The number of aromatic nitrogens is 1. The molecular weight excluding hydrogens is 334 g/mol. The van der Waals surface area contributed by atoms with Crippen molar-refractivity contribution in [1.82, 2.24) is 10.3 Å². The molecule has 0 radical (unpaired) electrons. The van der Waals surface area contributed by atoms with Gasteiger partial charge in [-0.2, -0.15) is 0 Å². The minimum Gasteiger partial charge on any atom is -0.349 e. The molecule has 1 fully saturated rings. The molecule has 0 saturated heterocycles. The highest BCUT2D eigenvalue weighted by atomic mass is 35.5. The average molecular weight is 358 g/mol. The van der Waals surface area contributed by atoms with E-state index in [1.165, 1.54) is 5.56 Å². The van der Waals surface area contributed by atoms with Crippen molar-refractivity contribution >= 4 is 17.5 Å².